The lowest BCUT2D eigenvalue weighted by molar-refractivity contribution is 0.255. The number of likely N-dealkylation sites (tertiary alicyclic amines) is 1. The molecule has 7 rings (SSSR count). The number of hydrogen-bond acceptors (Lipinski definition) is 5. The van der Waals surface area contributed by atoms with Crippen LogP contribution in [0, 0.1) is 5.82 Å². The van der Waals surface area contributed by atoms with E-state index in [2.05, 4.69) is 46.2 Å². The highest BCUT2D eigenvalue weighted by Gasteiger charge is 2.27. The molecule has 2 aromatic heterocycles. The molecule has 1 aliphatic rings. The van der Waals surface area contributed by atoms with Gasteiger partial charge in [0.25, 0.3) is 5.56 Å². The molecule has 1 atom stereocenters. The van der Waals surface area contributed by atoms with Crippen molar-refractivity contribution in [1.29, 1.82) is 0 Å². The third kappa shape index (κ3) is 5.26. The fourth-order valence-corrected chi connectivity index (χ4v) is 6.34. The van der Waals surface area contributed by atoms with Gasteiger partial charge < -0.3 is 14.6 Å². The summed E-state index contributed by atoms with van der Waals surface area (Å²) in [4.78, 5) is 29.5. The summed E-state index contributed by atoms with van der Waals surface area (Å²) in [6, 6.07) is 25.7. The predicted octanol–water partition coefficient (Wildman–Crippen LogP) is 6.92. The number of imidazole rings is 1. The first-order chi connectivity index (χ1) is 21.5. The molecule has 7 nitrogen and oxygen atoms in total. The van der Waals surface area contributed by atoms with Gasteiger partial charge in [-0.05, 0) is 105 Å². The molecule has 6 aromatic rings. The van der Waals surface area contributed by atoms with E-state index in [1.165, 1.54) is 41.4 Å². The van der Waals surface area contributed by atoms with Gasteiger partial charge in [0.15, 0.2) is 0 Å². The van der Waals surface area contributed by atoms with Crippen molar-refractivity contribution in [2.75, 3.05) is 26.7 Å². The molecular weight excluding hydrogens is 553 g/mol. The van der Waals surface area contributed by atoms with Gasteiger partial charge in [0.05, 0.1) is 34.9 Å². The number of para-hydroxylation sites is 2. The molecule has 1 saturated heterocycles. The Balaban J connectivity index is 1.33. The van der Waals surface area contributed by atoms with E-state index in [9.17, 15) is 9.18 Å². The molecule has 1 aliphatic heterocycles. The smallest absolute Gasteiger partial charge is 0.262 e. The van der Waals surface area contributed by atoms with E-state index in [1.807, 2.05) is 49.4 Å². The maximum absolute atomic E-state index is 14.8. The minimum Gasteiger partial charge on any atom is -0.493 e. The highest BCUT2D eigenvalue weighted by atomic mass is 19.1. The lowest BCUT2D eigenvalue weighted by Gasteiger charge is -2.29. The molecule has 0 saturated carbocycles. The van der Waals surface area contributed by atoms with E-state index in [0.717, 1.165) is 35.2 Å². The molecule has 0 amide bonds. The average Bonchev–Trinajstić information content (AvgIpc) is 3.48. The average molecular weight is 588 g/mol. The molecule has 1 fully saturated rings. The monoisotopic (exact) mass is 587 g/mol. The summed E-state index contributed by atoms with van der Waals surface area (Å²) in [5.74, 6) is 1.11. The second-order valence-electron chi connectivity index (χ2n) is 11.5. The number of aromatic nitrogens is 4. The maximum atomic E-state index is 14.8. The van der Waals surface area contributed by atoms with Crippen LogP contribution in [0.3, 0.4) is 0 Å². The van der Waals surface area contributed by atoms with Crippen LogP contribution in [0.2, 0.25) is 0 Å². The van der Waals surface area contributed by atoms with Crippen LogP contribution in [0.4, 0.5) is 4.39 Å². The molecule has 44 heavy (non-hydrogen) atoms. The van der Waals surface area contributed by atoms with Crippen LogP contribution in [0.25, 0.3) is 33.1 Å². The summed E-state index contributed by atoms with van der Waals surface area (Å²) in [6.07, 6.45) is 3.85. The second kappa shape index (κ2) is 11.7. The Labute approximate surface area is 255 Å². The number of aromatic amines is 1. The first kappa shape index (κ1) is 28.0. The van der Waals surface area contributed by atoms with Crippen molar-refractivity contribution in [3.63, 3.8) is 0 Å². The molecule has 3 heterocycles. The Morgan fingerprint density at radius 1 is 0.955 bits per heavy atom. The Bertz CT molecular complexity index is 1980. The Morgan fingerprint density at radius 3 is 2.50 bits per heavy atom. The van der Waals surface area contributed by atoms with Crippen LogP contribution in [0.1, 0.15) is 48.7 Å². The Kier molecular flexibility index (Phi) is 7.44. The molecule has 1 unspecified atom stereocenters. The fraction of sp³-hybridized carbons (Fsp3) is 0.250. The van der Waals surface area contributed by atoms with E-state index >= 15 is 0 Å². The minimum atomic E-state index is -0.804. The van der Waals surface area contributed by atoms with Gasteiger partial charge in [-0.2, -0.15) is 0 Å². The quantitative estimate of drug-likeness (QED) is 0.219. The van der Waals surface area contributed by atoms with Crippen LogP contribution in [-0.4, -0.2) is 51.2 Å². The van der Waals surface area contributed by atoms with Crippen LogP contribution in [0.5, 0.6) is 5.75 Å². The highest BCUT2D eigenvalue weighted by Crippen LogP contribution is 2.34. The van der Waals surface area contributed by atoms with E-state index in [4.69, 9.17) is 9.72 Å². The molecular formula is C36H34FN5O2. The standard InChI is InChI=1S/C36H34FN5O2/c1-3-44-33-15-13-27(37)21-29(33)34(35-39-31-6-4-5-7-32(31)40-35)42-22-38-30-14-12-26(20-28(30)36(42)43)24-10-8-23(9-11-24)25-16-18-41(2)19-17-25/h4-15,20-22,25,34H,3,16-19H2,1-2H3,(H,39,40). The highest BCUT2D eigenvalue weighted by molar-refractivity contribution is 5.84. The summed E-state index contributed by atoms with van der Waals surface area (Å²) in [7, 11) is 2.18. The van der Waals surface area contributed by atoms with Gasteiger partial charge in [0.2, 0.25) is 0 Å². The molecule has 0 spiro atoms. The van der Waals surface area contributed by atoms with Crippen molar-refractivity contribution >= 4 is 21.9 Å². The number of piperidine rings is 1. The number of H-pyrrole nitrogens is 1. The van der Waals surface area contributed by atoms with Crippen LogP contribution < -0.4 is 10.3 Å². The second-order valence-corrected chi connectivity index (χ2v) is 11.5. The van der Waals surface area contributed by atoms with Crippen molar-refractivity contribution in [3.05, 3.63) is 124 Å². The Morgan fingerprint density at radius 2 is 1.73 bits per heavy atom. The van der Waals surface area contributed by atoms with Crippen molar-refractivity contribution in [2.24, 2.45) is 0 Å². The van der Waals surface area contributed by atoms with E-state index in [0.29, 0.717) is 40.6 Å². The lowest BCUT2D eigenvalue weighted by Crippen LogP contribution is -2.29. The van der Waals surface area contributed by atoms with Gasteiger partial charge in [-0.25, -0.2) is 14.4 Å². The van der Waals surface area contributed by atoms with E-state index in [-0.39, 0.29) is 5.56 Å². The fourth-order valence-electron chi connectivity index (χ4n) is 6.34. The number of hydrogen-bond donors (Lipinski definition) is 1. The number of nitrogens with zero attached hydrogens (tertiary/aromatic N) is 4. The predicted molar refractivity (Wildman–Crippen MR) is 172 cm³/mol. The van der Waals surface area contributed by atoms with Gasteiger partial charge >= 0.3 is 0 Å². The van der Waals surface area contributed by atoms with Crippen LogP contribution in [-0.2, 0) is 0 Å². The summed E-state index contributed by atoms with van der Waals surface area (Å²) >= 11 is 0. The summed E-state index contributed by atoms with van der Waals surface area (Å²) in [6.45, 7) is 4.49. The number of rotatable bonds is 7. The van der Waals surface area contributed by atoms with Crippen molar-refractivity contribution in [1.82, 2.24) is 24.4 Å². The zero-order valence-corrected chi connectivity index (χ0v) is 24.8. The molecule has 0 bridgehead atoms. The van der Waals surface area contributed by atoms with Gasteiger partial charge in [-0.1, -0.05) is 42.5 Å². The van der Waals surface area contributed by atoms with Crippen LogP contribution in [0.15, 0.2) is 96.1 Å². The zero-order valence-electron chi connectivity index (χ0n) is 24.8. The SMILES string of the molecule is CCOc1ccc(F)cc1C(c1nc2ccccc2[nH]1)n1cnc2ccc(-c3ccc(C4CCN(C)CC4)cc3)cc2c1=O. The summed E-state index contributed by atoms with van der Waals surface area (Å²) in [5, 5.41) is 0.472. The van der Waals surface area contributed by atoms with Gasteiger partial charge in [0, 0.05) is 5.56 Å². The zero-order chi connectivity index (χ0) is 30.2. The lowest BCUT2D eigenvalue weighted by atomic mass is 9.88. The maximum Gasteiger partial charge on any atom is 0.262 e. The van der Waals surface area contributed by atoms with Gasteiger partial charge in [-0.15, -0.1) is 0 Å². The Hall–Kier alpha value is -4.82. The van der Waals surface area contributed by atoms with Crippen molar-refractivity contribution in [2.45, 2.75) is 31.7 Å². The minimum absolute atomic E-state index is 0.253. The normalized spacial score (nSPS) is 15.2. The van der Waals surface area contributed by atoms with Crippen LogP contribution >= 0.6 is 0 Å². The molecule has 4 aromatic carbocycles. The molecule has 8 heteroatoms. The molecule has 222 valence electrons. The topological polar surface area (TPSA) is 76.0 Å². The third-order valence-electron chi connectivity index (χ3n) is 8.73. The van der Waals surface area contributed by atoms with Gasteiger partial charge in [0.1, 0.15) is 23.4 Å². The first-order valence-corrected chi connectivity index (χ1v) is 15.1. The third-order valence-corrected chi connectivity index (χ3v) is 8.73. The number of halogens is 1. The number of nitrogens with one attached hydrogen (secondary N) is 1. The molecule has 0 radical (unpaired) electrons. The summed E-state index contributed by atoms with van der Waals surface area (Å²) < 4.78 is 22.2. The van der Waals surface area contributed by atoms with E-state index < -0.39 is 11.9 Å². The molecule has 1 N–H and O–H groups in total. The van der Waals surface area contributed by atoms with Gasteiger partial charge in [-0.3, -0.25) is 9.36 Å². The number of fused-ring (bicyclic) bond motifs is 2. The van der Waals surface area contributed by atoms with E-state index in [1.54, 1.807) is 6.07 Å². The molecule has 0 aliphatic carbocycles. The summed E-state index contributed by atoms with van der Waals surface area (Å²) in [5.41, 5.74) is 5.71. The number of ether oxygens (including phenoxy) is 1. The largest absolute Gasteiger partial charge is 0.493 e. The first-order valence-electron chi connectivity index (χ1n) is 15.1. The number of benzene rings is 4. The van der Waals surface area contributed by atoms with Crippen molar-refractivity contribution < 1.29 is 9.13 Å². The van der Waals surface area contributed by atoms with Crippen molar-refractivity contribution in [3.8, 4) is 16.9 Å².